The van der Waals surface area contributed by atoms with Gasteiger partial charge in [0.1, 0.15) is 0 Å². The highest BCUT2D eigenvalue weighted by Crippen LogP contribution is 2.13. The molecule has 0 aromatic heterocycles. The molecule has 0 aromatic rings. The molecule has 0 saturated carbocycles. The molecule has 10 heteroatoms. The molecule has 0 aliphatic carbocycles. The zero-order chi connectivity index (χ0) is 14.9. The maximum Gasteiger partial charge on any atom is 0.490 e. The number of primary amides is 1. The minimum Gasteiger partial charge on any atom is -0.475 e. The van der Waals surface area contributed by atoms with Crippen molar-refractivity contribution in [1.82, 2.24) is 0 Å². The number of nitrogens with two attached hydrogens (primary N) is 2. The molecule has 5 N–H and O–H groups in total. The number of aliphatic carboxylic acids is 1. The molecule has 0 unspecified atom stereocenters. The molecule has 0 rings (SSSR count). The first kappa shape index (κ1) is 18.5. The average molecular weight is 274 g/mol. The normalized spacial score (nSPS) is 11.8. The van der Waals surface area contributed by atoms with Gasteiger partial charge in [0.05, 0.1) is 13.2 Å². The quantitative estimate of drug-likeness (QED) is 0.585. The first-order valence-electron chi connectivity index (χ1n) is 4.44. The monoisotopic (exact) mass is 274 g/mol. The van der Waals surface area contributed by atoms with Crippen LogP contribution in [-0.4, -0.2) is 42.3 Å². The molecular formula is C8H13F3N2O5. The number of rotatable bonds is 4. The summed E-state index contributed by atoms with van der Waals surface area (Å²) in [5, 5.41) is 7.12. The SMILES string of the molecule is COC(=O)CC[C@@H](N)C(N)=O.O=C(O)C(F)(F)F. The van der Waals surface area contributed by atoms with Gasteiger partial charge in [-0.2, -0.15) is 13.2 Å². The van der Waals surface area contributed by atoms with Gasteiger partial charge in [-0.3, -0.25) is 9.59 Å². The largest absolute Gasteiger partial charge is 0.490 e. The molecule has 1 amide bonds. The van der Waals surface area contributed by atoms with E-state index in [1.54, 1.807) is 0 Å². The third-order valence-electron chi connectivity index (χ3n) is 1.50. The highest BCUT2D eigenvalue weighted by atomic mass is 19.4. The van der Waals surface area contributed by atoms with Crippen LogP contribution in [0.5, 0.6) is 0 Å². The number of carbonyl (C=O) groups excluding carboxylic acids is 2. The third kappa shape index (κ3) is 10.7. The Hall–Kier alpha value is -1.84. The maximum atomic E-state index is 10.6. The van der Waals surface area contributed by atoms with Crippen molar-refractivity contribution in [1.29, 1.82) is 0 Å². The first-order chi connectivity index (χ1) is 8.02. The van der Waals surface area contributed by atoms with E-state index in [1.165, 1.54) is 7.11 Å². The van der Waals surface area contributed by atoms with Crippen molar-refractivity contribution >= 4 is 17.8 Å². The standard InChI is InChI=1S/C6H12N2O3.C2HF3O2/c1-11-5(9)3-2-4(7)6(8)10;3-2(4,5)1(6)7/h4H,2-3,7H2,1H3,(H2,8,10);(H,6,7)/t4-;/m1./s1. The van der Waals surface area contributed by atoms with E-state index >= 15 is 0 Å². The van der Waals surface area contributed by atoms with Crippen LogP contribution in [0.2, 0.25) is 0 Å². The lowest BCUT2D eigenvalue weighted by atomic mass is 10.1. The van der Waals surface area contributed by atoms with Crippen LogP contribution in [0.4, 0.5) is 13.2 Å². The van der Waals surface area contributed by atoms with E-state index in [4.69, 9.17) is 21.4 Å². The van der Waals surface area contributed by atoms with E-state index in [2.05, 4.69) is 4.74 Å². The lowest BCUT2D eigenvalue weighted by molar-refractivity contribution is -0.192. The Morgan fingerprint density at radius 2 is 1.72 bits per heavy atom. The molecule has 0 bridgehead atoms. The van der Waals surface area contributed by atoms with Gasteiger partial charge in [-0.1, -0.05) is 0 Å². The molecule has 0 radical (unpaired) electrons. The smallest absolute Gasteiger partial charge is 0.475 e. The van der Waals surface area contributed by atoms with E-state index in [9.17, 15) is 22.8 Å². The number of ether oxygens (including phenoxy) is 1. The lowest BCUT2D eigenvalue weighted by Crippen LogP contribution is -2.36. The van der Waals surface area contributed by atoms with Crippen LogP contribution in [0, 0.1) is 0 Å². The summed E-state index contributed by atoms with van der Waals surface area (Å²) in [6.07, 6.45) is -4.72. The van der Waals surface area contributed by atoms with Crippen molar-refractivity contribution in [2.75, 3.05) is 7.11 Å². The van der Waals surface area contributed by atoms with Gasteiger partial charge in [0.2, 0.25) is 5.91 Å². The molecule has 1 atom stereocenters. The second-order valence-corrected chi connectivity index (χ2v) is 2.93. The summed E-state index contributed by atoms with van der Waals surface area (Å²) in [6.45, 7) is 0. The molecule has 0 aliphatic rings. The minimum atomic E-state index is -5.08. The minimum absolute atomic E-state index is 0.126. The van der Waals surface area contributed by atoms with Gasteiger partial charge in [0.15, 0.2) is 0 Å². The molecule has 0 saturated heterocycles. The second-order valence-electron chi connectivity index (χ2n) is 2.93. The average Bonchev–Trinajstić information content (AvgIpc) is 2.24. The summed E-state index contributed by atoms with van der Waals surface area (Å²) < 4.78 is 36.1. The molecule has 0 fully saturated rings. The van der Waals surface area contributed by atoms with Crippen LogP contribution in [0.25, 0.3) is 0 Å². The van der Waals surface area contributed by atoms with Crippen molar-refractivity contribution in [3.63, 3.8) is 0 Å². The van der Waals surface area contributed by atoms with Gasteiger partial charge >= 0.3 is 18.1 Å². The summed E-state index contributed by atoms with van der Waals surface area (Å²) in [5.41, 5.74) is 10.1. The lowest BCUT2D eigenvalue weighted by Gasteiger charge is -2.04. The Labute approximate surface area is 99.9 Å². The van der Waals surface area contributed by atoms with Crippen molar-refractivity contribution < 1.29 is 37.4 Å². The number of carboxylic acids is 1. The fourth-order valence-corrected chi connectivity index (χ4v) is 0.518. The van der Waals surface area contributed by atoms with Crippen molar-refractivity contribution in [2.45, 2.75) is 25.1 Å². The van der Waals surface area contributed by atoms with Gasteiger partial charge in [-0.15, -0.1) is 0 Å². The molecule has 0 heterocycles. The number of alkyl halides is 3. The zero-order valence-electron chi connectivity index (χ0n) is 9.36. The fourth-order valence-electron chi connectivity index (χ4n) is 0.518. The van der Waals surface area contributed by atoms with Gasteiger partial charge in [0, 0.05) is 6.42 Å². The summed E-state index contributed by atoms with van der Waals surface area (Å²) in [5.74, 6) is -3.75. The van der Waals surface area contributed by atoms with Crippen LogP contribution in [-0.2, 0) is 19.1 Å². The van der Waals surface area contributed by atoms with Crippen LogP contribution < -0.4 is 11.5 Å². The number of hydrogen-bond donors (Lipinski definition) is 3. The third-order valence-corrected chi connectivity index (χ3v) is 1.50. The van der Waals surface area contributed by atoms with E-state index in [-0.39, 0.29) is 18.8 Å². The van der Waals surface area contributed by atoms with Crippen molar-refractivity contribution in [3.05, 3.63) is 0 Å². The Morgan fingerprint density at radius 1 is 1.33 bits per heavy atom. The number of methoxy groups -OCH3 is 1. The Morgan fingerprint density at radius 3 is 1.94 bits per heavy atom. The molecule has 0 aromatic carbocycles. The van der Waals surface area contributed by atoms with Crippen LogP contribution in [0.1, 0.15) is 12.8 Å². The first-order valence-corrected chi connectivity index (χ1v) is 4.44. The molecule has 18 heavy (non-hydrogen) atoms. The Balaban J connectivity index is 0. The highest BCUT2D eigenvalue weighted by molar-refractivity contribution is 5.80. The summed E-state index contributed by atoms with van der Waals surface area (Å²) in [4.78, 5) is 29.8. The van der Waals surface area contributed by atoms with Crippen molar-refractivity contribution in [2.24, 2.45) is 11.5 Å². The number of amides is 1. The van der Waals surface area contributed by atoms with Crippen molar-refractivity contribution in [3.8, 4) is 0 Å². The molecule has 0 spiro atoms. The predicted molar refractivity (Wildman–Crippen MR) is 52.1 cm³/mol. The molecular weight excluding hydrogens is 261 g/mol. The number of halogens is 3. The maximum absolute atomic E-state index is 10.6. The number of esters is 1. The van der Waals surface area contributed by atoms with Crippen LogP contribution in [0.15, 0.2) is 0 Å². The Bertz CT molecular complexity index is 306. The summed E-state index contributed by atoms with van der Waals surface area (Å²) >= 11 is 0. The van der Waals surface area contributed by atoms with E-state index in [0.717, 1.165) is 0 Å². The number of carboxylic acid groups (broad SMARTS) is 1. The Kier molecular flexibility index (Phi) is 8.52. The topological polar surface area (TPSA) is 133 Å². The zero-order valence-corrected chi connectivity index (χ0v) is 9.36. The van der Waals surface area contributed by atoms with Gasteiger partial charge in [-0.05, 0) is 6.42 Å². The number of hydrogen-bond acceptors (Lipinski definition) is 5. The van der Waals surface area contributed by atoms with E-state index in [0.29, 0.717) is 0 Å². The van der Waals surface area contributed by atoms with Crippen LogP contribution >= 0.6 is 0 Å². The van der Waals surface area contributed by atoms with Gasteiger partial charge < -0.3 is 21.3 Å². The van der Waals surface area contributed by atoms with Gasteiger partial charge in [-0.25, -0.2) is 4.79 Å². The second kappa shape index (κ2) is 8.28. The van der Waals surface area contributed by atoms with Gasteiger partial charge in [0.25, 0.3) is 0 Å². The molecule has 106 valence electrons. The predicted octanol–water partition coefficient (Wildman–Crippen LogP) is -0.614. The highest BCUT2D eigenvalue weighted by Gasteiger charge is 2.38. The molecule has 7 nitrogen and oxygen atoms in total. The van der Waals surface area contributed by atoms with E-state index in [1.807, 2.05) is 0 Å². The van der Waals surface area contributed by atoms with E-state index < -0.39 is 24.1 Å². The number of carbonyl (C=O) groups is 3. The van der Waals surface area contributed by atoms with Crippen LogP contribution in [0.3, 0.4) is 0 Å². The molecule has 0 aliphatic heterocycles. The summed E-state index contributed by atoms with van der Waals surface area (Å²) in [6, 6.07) is -0.755. The summed E-state index contributed by atoms with van der Waals surface area (Å²) in [7, 11) is 1.28. The fraction of sp³-hybridized carbons (Fsp3) is 0.625.